The van der Waals surface area contributed by atoms with Crippen molar-refractivity contribution in [1.29, 1.82) is 0 Å². The quantitative estimate of drug-likeness (QED) is 0.839. The molecule has 1 amide bonds. The van der Waals surface area contributed by atoms with Gasteiger partial charge in [0.1, 0.15) is 0 Å². The van der Waals surface area contributed by atoms with E-state index in [4.69, 9.17) is 0 Å². The van der Waals surface area contributed by atoms with Gasteiger partial charge >= 0.3 is 0 Å². The van der Waals surface area contributed by atoms with Crippen LogP contribution in [-0.4, -0.2) is 64.0 Å². The van der Waals surface area contributed by atoms with Crippen molar-refractivity contribution in [3.63, 3.8) is 0 Å². The second-order valence-corrected chi connectivity index (χ2v) is 8.06. The predicted octanol–water partition coefficient (Wildman–Crippen LogP) is 2.83. The first-order valence-electron chi connectivity index (χ1n) is 8.89. The molecule has 2 saturated heterocycles. The van der Waals surface area contributed by atoms with Crippen molar-refractivity contribution in [2.24, 2.45) is 7.05 Å². The fourth-order valence-corrected chi connectivity index (χ4v) is 5.08. The summed E-state index contributed by atoms with van der Waals surface area (Å²) >= 11 is 2.08. The number of fused-ring (bicyclic) bond motifs is 1. The van der Waals surface area contributed by atoms with Crippen LogP contribution in [0.4, 0.5) is 0 Å². The molecule has 128 valence electrons. The summed E-state index contributed by atoms with van der Waals surface area (Å²) in [5.41, 5.74) is 1.97. The number of piperazine rings is 1. The summed E-state index contributed by atoms with van der Waals surface area (Å²) in [6.45, 7) is 3.75. The Hall–Kier alpha value is -1.46. The number of aryl methyl sites for hydroxylation is 1. The number of hydrogen-bond donors (Lipinski definition) is 0. The lowest BCUT2D eigenvalue weighted by Gasteiger charge is -2.40. The number of carbonyl (C=O) groups excluding carboxylic acids is 1. The van der Waals surface area contributed by atoms with Gasteiger partial charge in [-0.1, -0.05) is 6.07 Å². The summed E-state index contributed by atoms with van der Waals surface area (Å²) in [4.78, 5) is 17.6. The van der Waals surface area contributed by atoms with E-state index in [-0.39, 0.29) is 5.91 Å². The Morgan fingerprint density at radius 1 is 1.08 bits per heavy atom. The van der Waals surface area contributed by atoms with Crippen LogP contribution in [-0.2, 0) is 7.05 Å². The lowest BCUT2D eigenvalue weighted by molar-refractivity contribution is 0.0561. The van der Waals surface area contributed by atoms with Crippen molar-refractivity contribution in [1.82, 2.24) is 14.4 Å². The zero-order chi connectivity index (χ0) is 16.5. The van der Waals surface area contributed by atoms with Gasteiger partial charge < -0.3 is 9.47 Å². The van der Waals surface area contributed by atoms with Gasteiger partial charge in [0.05, 0.1) is 0 Å². The van der Waals surface area contributed by atoms with Gasteiger partial charge in [0.15, 0.2) is 0 Å². The minimum Gasteiger partial charge on any atom is -0.351 e. The number of benzene rings is 1. The second-order valence-electron chi connectivity index (χ2n) is 6.84. The third kappa shape index (κ3) is 2.95. The SMILES string of the molecule is Cn1ccc2c(C(=O)N3CCN(C4CCSCC4)CC3)cccc21. The molecule has 4 rings (SSSR count). The van der Waals surface area contributed by atoms with Crippen LogP contribution in [0.1, 0.15) is 23.2 Å². The fraction of sp³-hybridized carbons (Fsp3) is 0.526. The molecule has 0 saturated carbocycles. The van der Waals surface area contributed by atoms with Crippen LogP contribution in [0.15, 0.2) is 30.5 Å². The molecule has 0 bridgehead atoms. The number of aromatic nitrogens is 1. The Morgan fingerprint density at radius 2 is 1.83 bits per heavy atom. The highest BCUT2D eigenvalue weighted by Gasteiger charge is 2.28. The molecule has 24 heavy (non-hydrogen) atoms. The molecule has 2 aliphatic rings. The van der Waals surface area contributed by atoms with Gasteiger partial charge in [0.25, 0.3) is 5.91 Å². The standard InChI is InChI=1S/C19H25N3OS/c1-20-8-5-16-17(3-2-4-18(16)20)19(23)22-11-9-21(10-12-22)15-6-13-24-14-7-15/h2-5,8,15H,6-7,9-14H2,1H3. The smallest absolute Gasteiger partial charge is 0.254 e. The molecule has 5 heteroatoms. The monoisotopic (exact) mass is 343 g/mol. The fourth-order valence-electron chi connectivity index (χ4n) is 4.00. The summed E-state index contributed by atoms with van der Waals surface area (Å²) in [6, 6.07) is 8.82. The summed E-state index contributed by atoms with van der Waals surface area (Å²) in [6.07, 6.45) is 4.64. The van der Waals surface area contributed by atoms with Crippen molar-refractivity contribution in [2.75, 3.05) is 37.7 Å². The molecule has 4 nitrogen and oxygen atoms in total. The first-order chi connectivity index (χ1) is 11.7. The first kappa shape index (κ1) is 16.0. The largest absolute Gasteiger partial charge is 0.351 e. The third-order valence-corrected chi connectivity index (χ3v) is 6.52. The Bertz CT molecular complexity index is 727. The molecule has 2 aliphatic heterocycles. The van der Waals surface area contributed by atoms with E-state index in [2.05, 4.69) is 33.4 Å². The van der Waals surface area contributed by atoms with Gasteiger partial charge in [-0.25, -0.2) is 0 Å². The van der Waals surface area contributed by atoms with Gasteiger partial charge in [-0.05, 0) is 42.5 Å². The summed E-state index contributed by atoms with van der Waals surface area (Å²) < 4.78 is 2.07. The van der Waals surface area contributed by atoms with Crippen LogP contribution >= 0.6 is 11.8 Å². The van der Waals surface area contributed by atoms with Crippen molar-refractivity contribution in [3.8, 4) is 0 Å². The van der Waals surface area contributed by atoms with Crippen molar-refractivity contribution < 1.29 is 4.79 Å². The Morgan fingerprint density at radius 3 is 2.58 bits per heavy atom. The van der Waals surface area contributed by atoms with Crippen molar-refractivity contribution in [2.45, 2.75) is 18.9 Å². The summed E-state index contributed by atoms with van der Waals surface area (Å²) in [7, 11) is 2.03. The van der Waals surface area contributed by atoms with E-state index in [1.54, 1.807) is 0 Å². The molecule has 3 heterocycles. The molecule has 1 aromatic heterocycles. The third-order valence-electron chi connectivity index (χ3n) is 5.47. The van der Waals surface area contributed by atoms with Gasteiger partial charge in [0.2, 0.25) is 0 Å². The number of nitrogens with zero attached hydrogens (tertiary/aromatic N) is 3. The number of rotatable bonds is 2. The maximum Gasteiger partial charge on any atom is 0.254 e. The van der Waals surface area contributed by atoms with E-state index >= 15 is 0 Å². The molecule has 1 aromatic carbocycles. The maximum atomic E-state index is 13.0. The maximum absolute atomic E-state index is 13.0. The molecular weight excluding hydrogens is 318 g/mol. The zero-order valence-electron chi connectivity index (χ0n) is 14.3. The van der Waals surface area contributed by atoms with Gasteiger partial charge in [-0.15, -0.1) is 0 Å². The van der Waals surface area contributed by atoms with Gasteiger partial charge in [0, 0.05) is 61.9 Å². The number of amides is 1. The highest BCUT2D eigenvalue weighted by Crippen LogP contribution is 2.24. The second kappa shape index (κ2) is 6.81. The summed E-state index contributed by atoms with van der Waals surface area (Å²) in [5, 5.41) is 1.07. The minimum atomic E-state index is 0.186. The van der Waals surface area contributed by atoms with E-state index in [0.717, 1.165) is 48.7 Å². The zero-order valence-corrected chi connectivity index (χ0v) is 15.1. The van der Waals surface area contributed by atoms with Crippen LogP contribution in [0.5, 0.6) is 0 Å². The summed E-state index contributed by atoms with van der Waals surface area (Å²) in [5.74, 6) is 2.77. The Kier molecular flexibility index (Phi) is 4.55. The average Bonchev–Trinajstić information content (AvgIpc) is 3.03. The highest BCUT2D eigenvalue weighted by molar-refractivity contribution is 7.99. The van der Waals surface area contributed by atoms with Crippen LogP contribution in [0.25, 0.3) is 10.9 Å². The highest BCUT2D eigenvalue weighted by atomic mass is 32.2. The molecule has 2 fully saturated rings. The molecule has 0 unspecified atom stereocenters. The minimum absolute atomic E-state index is 0.186. The normalized spacial score (nSPS) is 20.6. The Balaban J connectivity index is 1.46. The number of thioether (sulfide) groups is 1. The number of carbonyl (C=O) groups is 1. The molecule has 0 atom stereocenters. The van der Waals surface area contributed by atoms with Crippen LogP contribution in [0, 0.1) is 0 Å². The topological polar surface area (TPSA) is 28.5 Å². The lowest BCUT2D eigenvalue weighted by Crippen LogP contribution is -2.52. The molecule has 0 spiro atoms. The molecule has 2 aromatic rings. The van der Waals surface area contributed by atoms with Crippen LogP contribution in [0.2, 0.25) is 0 Å². The molecule has 0 N–H and O–H groups in total. The van der Waals surface area contributed by atoms with Crippen molar-refractivity contribution >= 4 is 28.6 Å². The van der Waals surface area contributed by atoms with Gasteiger partial charge in [-0.3, -0.25) is 9.69 Å². The van der Waals surface area contributed by atoms with E-state index < -0.39 is 0 Å². The van der Waals surface area contributed by atoms with E-state index in [1.165, 1.54) is 24.3 Å². The van der Waals surface area contributed by atoms with Crippen molar-refractivity contribution in [3.05, 3.63) is 36.0 Å². The van der Waals surface area contributed by atoms with E-state index in [9.17, 15) is 4.79 Å². The molecule has 0 aliphatic carbocycles. The predicted molar refractivity (Wildman–Crippen MR) is 101 cm³/mol. The molecule has 0 radical (unpaired) electrons. The van der Waals surface area contributed by atoms with Gasteiger partial charge in [-0.2, -0.15) is 11.8 Å². The molecular formula is C19H25N3OS. The first-order valence-corrected chi connectivity index (χ1v) is 10.0. The lowest BCUT2D eigenvalue weighted by atomic mass is 10.1. The van der Waals surface area contributed by atoms with E-state index in [0.29, 0.717) is 0 Å². The number of hydrogen-bond acceptors (Lipinski definition) is 3. The Labute approximate surface area is 147 Å². The van der Waals surface area contributed by atoms with Crippen LogP contribution in [0.3, 0.4) is 0 Å². The van der Waals surface area contributed by atoms with Crippen LogP contribution < -0.4 is 0 Å². The van der Waals surface area contributed by atoms with E-state index in [1.807, 2.05) is 30.3 Å². The average molecular weight is 343 g/mol.